The second-order valence-corrected chi connectivity index (χ2v) is 10.9. The maximum Gasteiger partial charge on any atom is 0.326 e. The average Bonchev–Trinajstić information content (AvgIpc) is 3.70. The van der Waals surface area contributed by atoms with Gasteiger partial charge in [-0.3, -0.25) is 14.4 Å². The number of unbranched alkanes of at least 4 members (excludes halogenated alkanes) is 1. The molecule has 0 saturated carbocycles. The van der Waals surface area contributed by atoms with Crippen LogP contribution in [0.1, 0.15) is 36.1 Å². The van der Waals surface area contributed by atoms with Gasteiger partial charge in [-0.2, -0.15) is 0 Å². The number of carbonyl (C=O) groups is 4. The molecule has 0 radical (unpaired) electrons. The summed E-state index contributed by atoms with van der Waals surface area (Å²) in [5, 5.41) is 18.8. The van der Waals surface area contributed by atoms with E-state index in [2.05, 4.69) is 30.9 Å². The van der Waals surface area contributed by atoms with Crippen LogP contribution in [0, 0.1) is 0 Å². The molecule has 10 N–H and O–H groups in total. The average molecular weight is 617 g/mol. The smallest absolute Gasteiger partial charge is 0.326 e. The van der Waals surface area contributed by atoms with Crippen molar-refractivity contribution in [1.29, 1.82) is 0 Å². The highest BCUT2D eigenvalue weighted by Gasteiger charge is 2.31. The van der Waals surface area contributed by atoms with Crippen molar-refractivity contribution in [3.63, 3.8) is 0 Å². The molecule has 4 unspecified atom stereocenters. The van der Waals surface area contributed by atoms with Crippen molar-refractivity contribution in [2.45, 2.75) is 62.7 Å². The maximum atomic E-state index is 13.7. The Morgan fingerprint density at radius 2 is 1.49 bits per heavy atom. The third-order valence-corrected chi connectivity index (χ3v) is 7.54. The molecular weight excluding hydrogens is 576 g/mol. The van der Waals surface area contributed by atoms with E-state index in [1.54, 1.807) is 6.20 Å². The van der Waals surface area contributed by atoms with E-state index in [4.69, 9.17) is 11.5 Å². The van der Waals surface area contributed by atoms with E-state index >= 15 is 0 Å². The molecule has 4 atom stereocenters. The van der Waals surface area contributed by atoms with Crippen molar-refractivity contribution >= 4 is 34.6 Å². The van der Waals surface area contributed by atoms with Gasteiger partial charge in [0.05, 0.1) is 12.4 Å². The number of nitrogens with one attached hydrogen (secondary N) is 5. The van der Waals surface area contributed by atoms with E-state index < -0.39 is 47.9 Å². The Balaban J connectivity index is 1.53. The van der Waals surface area contributed by atoms with Gasteiger partial charge in [-0.05, 0) is 49.4 Å². The number of H-pyrrole nitrogens is 2. The van der Waals surface area contributed by atoms with Crippen LogP contribution in [0.5, 0.6) is 0 Å². The van der Waals surface area contributed by atoms with Gasteiger partial charge in [0.25, 0.3) is 0 Å². The Hall–Kier alpha value is -5.01. The zero-order valence-electron chi connectivity index (χ0n) is 24.9. The van der Waals surface area contributed by atoms with Crippen LogP contribution in [0.2, 0.25) is 0 Å². The molecule has 0 saturated heterocycles. The Bertz CT molecular complexity index is 1560. The number of carbonyl (C=O) groups excluding carboxylic acids is 3. The quantitative estimate of drug-likeness (QED) is 0.0795. The van der Waals surface area contributed by atoms with Crippen LogP contribution < -0.4 is 27.4 Å². The first-order valence-corrected chi connectivity index (χ1v) is 14.9. The zero-order valence-corrected chi connectivity index (χ0v) is 24.9. The van der Waals surface area contributed by atoms with Gasteiger partial charge in [-0.25, -0.2) is 9.78 Å². The van der Waals surface area contributed by atoms with Gasteiger partial charge in [-0.1, -0.05) is 48.5 Å². The molecule has 3 amide bonds. The first kappa shape index (κ1) is 32.9. The molecule has 0 aliphatic rings. The number of carboxylic acid groups (broad SMARTS) is 1. The number of nitrogens with two attached hydrogens (primary N) is 2. The second-order valence-electron chi connectivity index (χ2n) is 10.9. The molecule has 238 valence electrons. The number of carboxylic acids is 1. The van der Waals surface area contributed by atoms with E-state index in [1.807, 2.05) is 54.6 Å². The molecule has 4 aromatic rings. The van der Waals surface area contributed by atoms with Crippen LogP contribution in [0.25, 0.3) is 10.9 Å². The molecule has 45 heavy (non-hydrogen) atoms. The fourth-order valence-electron chi connectivity index (χ4n) is 5.09. The summed E-state index contributed by atoms with van der Waals surface area (Å²) < 4.78 is 0. The highest BCUT2D eigenvalue weighted by atomic mass is 16.4. The van der Waals surface area contributed by atoms with Crippen LogP contribution in [0.3, 0.4) is 0 Å². The minimum atomic E-state index is -1.28. The fourth-order valence-corrected chi connectivity index (χ4v) is 5.09. The van der Waals surface area contributed by atoms with Gasteiger partial charge < -0.3 is 42.5 Å². The third kappa shape index (κ3) is 9.49. The molecule has 0 bridgehead atoms. The highest BCUT2D eigenvalue weighted by molar-refractivity contribution is 5.95. The summed E-state index contributed by atoms with van der Waals surface area (Å²) in [7, 11) is 0. The number of aromatic nitrogens is 3. The molecule has 13 heteroatoms. The topological polar surface area (TPSA) is 221 Å². The number of imidazole rings is 1. The predicted octanol–water partition coefficient (Wildman–Crippen LogP) is 0.914. The van der Waals surface area contributed by atoms with Gasteiger partial charge in [-0.15, -0.1) is 0 Å². The summed E-state index contributed by atoms with van der Waals surface area (Å²) in [6.45, 7) is 0.411. The number of fused-ring (bicyclic) bond motifs is 1. The lowest BCUT2D eigenvalue weighted by molar-refractivity contribution is -0.142. The van der Waals surface area contributed by atoms with Crippen LogP contribution in [-0.4, -0.2) is 74.5 Å². The lowest BCUT2D eigenvalue weighted by Gasteiger charge is -2.25. The first-order valence-electron chi connectivity index (χ1n) is 14.9. The van der Waals surface area contributed by atoms with Gasteiger partial charge in [0.1, 0.15) is 18.1 Å². The van der Waals surface area contributed by atoms with Crippen molar-refractivity contribution in [2.75, 3.05) is 6.54 Å². The monoisotopic (exact) mass is 616 g/mol. The normalized spacial score (nSPS) is 13.8. The van der Waals surface area contributed by atoms with Crippen molar-refractivity contribution in [3.05, 3.63) is 90.1 Å². The summed E-state index contributed by atoms with van der Waals surface area (Å²) in [6.07, 6.45) is 6.40. The molecular formula is C32H40N8O5. The van der Waals surface area contributed by atoms with Crippen LogP contribution in [0.15, 0.2) is 73.3 Å². The Kier molecular flexibility index (Phi) is 11.8. The maximum absolute atomic E-state index is 13.7. The fraction of sp³-hybridized carbons (Fsp3) is 0.344. The summed E-state index contributed by atoms with van der Waals surface area (Å²) in [6, 6.07) is 12.5. The minimum absolute atomic E-state index is 0.0358. The molecule has 4 rings (SSSR count). The van der Waals surface area contributed by atoms with Crippen molar-refractivity contribution in [1.82, 2.24) is 30.9 Å². The standard InChI is InChI=1S/C32H40N8O5/c33-13-7-6-12-26(38-29(41)24(34)14-20-8-2-1-3-9-20)30(42)39-27(15-21-17-36-25-11-5-4-10-23(21)25)31(43)40-28(32(44)45)16-22-18-35-19-37-22/h1-5,8-11,17-19,24,26-28,36H,6-7,12-16,33-34H2,(H,35,37)(H,38,41)(H,39,42)(H,40,43)(H,44,45). The predicted molar refractivity (Wildman–Crippen MR) is 169 cm³/mol. The highest BCUT2D eigenvalue weighted by Crippen LogP contribution is 2.19. The number of amides is 3. The van der Waals surface area contributed by atoms with Gasteiger partial charge in [0.2, 0.25) is 17.7 Å². The van der Waals surface area contributed by atoms with E-state index in [9.17, 15) is 24.3 Å². The molecule has 13 nitrogen and oxygen atoms in total. The van der Waals surface area contributed by atoms with Gasteiger partial charge in [0, 0.05) is 41.8 Å². The van der Waals surface area contributed by atoms with E-state index in [0.29, 0.717) is 25.1 Å². The van der Waals surface area contributed by atoms with Crippen molar-refractivity contribution in [2.24, 2.45) is 11.5 Å². The summed E-state index contributed by atoms with van der Waals surface area (Å²) in [5.74, 6) is -3.02. The molecule has 0 spiro atoms. The number of benzene rings is 2. The Morgan fingerprint density at radius 1 is 0.800 bits per heavy atom. The van der Waals surface area contributed by atoms with Crippen LogP contribution in [-0.2, 0) is 38.4 Å². The second kappa shape index (κ2) is 16.2. The number of hydrogen-bond acceptors (Lipinski definition) is 7. The summed E-state index contributed by atoms with van der Waals surface area (Å²) >= 11 is 0. The van der Waals surface area contributed by atoms with Crippen molar-refractivity contribution < 1.29 is 24.3 Å². The number of rotatable bonds is 17. The molecule has 2 heterocycles. The SMILES string of the molecule is NCCCCC(NC(=O)C(N)Cc1ccccc1)C(=O)NC(Cc1c[nH]c2ccccc12)C(=O)NC(Cc1cnc[nH]1)C(=O)O. The lowest BCUT2D eigenvalue weighted by atomic mass is 10.0. The minimum Gasteiger partial charge on any atom is -0.480 e. The zero-order chi connectivity index (χ0) is 32.2. The number of aromatic amines is 2. The molecule has 0 fully saturated rings. The van der Waals surface area contributed by atoms with E-state index in [-0.39, 0.29) is 25.7 Å². The summed E-state index contributed by atoms with van der Waals surface area (Å²) in [4.78, 5) is 62.4. The third-order valence-electron chi connectivity index (χ3n) is 7.54. The summed E-state index contributed by atoms with van der Waals surface area (Å²) in [5.41, 5.74) is 14.9. The number of aliphatic carboxylic acids is 1. The largest absolute Gasteiger partial charge is 0.480 e. The lowest BCUT2D eigenvalue weighted by Crippen LogP contribution is -2.58. The molecule has 0 aliphatic carbocycles. The number of hydrogen-bond donors (Lipinski definition) is 8. The van der Waals surface area contributed by atoms with Gasteiger partial charge >= 0.3 is 5.97 Å². The van der Waals surface area contributed by atoms with Crippen molar-refractivity contribution in [3.8, 4) is 0 Å². The number of nitrogens with zero attached hydrogens (tertiary/aromatic N) is 1. The Labute approximate surface area is 260 Å². The van der Waals surface area contributed by atoms with Crippen LogP contribution in [0.4, 0.5) is 0 Å². The first-order chi connectivity index (χ1) is 21.7. The van der Waals surface area contributed by atoms with Crippen LogP contribution >= 0.6 is 0 Å². The molecule has 2 aromatic heterocycles. The number of para-hydroxylation sites is 1. The molecule has 2 aromatic carbocycles. The molecule has 0 aliphatic heterocycles. The Morgan fingerprint density at radius 3 is 2.20 bits per heavy atom. The van der Waals surface area contributed by atoms with E-state index in [0.717, 1.165) is 22.0 Å². The van der Waals surface area contributed by atoms with E-state index in [1.165, 1.54) is 12.5 Å². The van der Waals surface area contributed by atoms with Gasteiger partial charge in [0.15, 0.2) is 0 Å².